The van der Waals surface area contributed by atoms with Gasteiger partial charge in [-0.3, -0.25) is 9.69 Å². The predicted octanol–water partition coefficient (Wildman–Crippen LogP) is 5.24. The van der Waals surface area contributed by atoms with E-state index in [0.717, 1.165) is 31.9 Å². The first-order valence-corrected chi connectivity index (χ1v) is 16.0. The number of aromatic nitrogens is 5. The first kappa shape index (κ1) is 29.9. The molecule has 3 aliphatic heterocycles. The van der Waals surface area contributed by atoms with Crippen LogP contribution in [0.25, 0.3) is 16.9 Å². The average Bonchev–Trinajstić information content (AvgIpc) is 3.19. The van der Waals surface area contributed by atoms with Crippen LogP contribution in [0, 0.1) is 5.92 Å². The van der Waals surface area contributed by atoms with Crippen molar-refractivity contribution in [3.05, 3.63) is 113 Å². The molecule has 6 heterocycles. The quantitative estimate of drug-likeness (QED) is 0.217. The summed E-state index contributed by atoms with van der Waals surface area (Å²) >= 11 is 0. The molecule has 2 bridgehead atoms. The molecule has 0 amide bonds. The van der Waals surface area contributed by atoms with Crippen LogP contribution in [0.15, 0.2) is 96.4 Å². The summed E-state index contributed by atoms with van der Waals surface area (Å²) < 4.78 is 3.19. The van der Waals surface area contributed by atoms with Crippen molar-refractivity contribution in [3.63, 3.8) is 0 Å². The van der Waals surface area contributed by atoms with Crippen molar-refractivity contribution < 1.29 is 5.11 Å². The van der Waals surface area contributed by atoms with Gasteiger partial charge in [0.2, 0.25) is 5.95 Å². The number of aliphatic hydroxyl groups is 1. The fourth-order valence-electron chi connectivity index (χ4n) is 6.78. The van der Waals surface area contributed by atoms with Gasteiger partial charge in [-0.2, -0.15) is 4.98 Å². The van der Waals surface area contributed by atoms with E-state index in [1.54, 1.807) is 42.9 Å². The van der Waals surface area contributed by atoms with Crippen molar-refractivity contribution >= 4 is 28.4 Å². The summed E-state index contributed by atoms with van der Waals surface area (Å²) in [6, 6.07) is 25.1. The zero-order valence-corrected chi connectivity index (χ0v) is 26.4. The Balaban J connectivity index is 1.13. The SMILES string of the molecule is C=CCn1c(=O)c2cnc(Nc3ccc(N4CC5CCC(C4)N(Cc4ccccc4)C5)cc3)nc2n1-c1cccc(C(C)(C)O)n1. The number of nitrogens with zero attached hydrogens (tertiary/aromatic N) is 7. The highest BCUT2D eigenvalue weighted by molar-refractivity contribution is 5.77. The van der Waals surface area contributed by atoms with Crippen molar-refractivity contribution in [1.29, 1.82) is 0 Å². The fraction of sp³-hybridized carbons (Fsp3) is 0.333. The Labute approximate surface area is 268 Å². The predicted molar refractivity (Wildman–Crippen MR) is 182 cm³/mol. The van der Waals surface area contributed by atoms with Gasteiger partial charge in [0.25, 0.3) is 5.56 Å². The van der Waals surface area contributed by atoms with Crippen LogP contribution in [0.3, 0.4) is 0 Å². The zero-order chi connectivity index (χ0) is 31.8. The van der Waals surface area contributed by atoms with Crippen LogP contribution in [0.1, 0.15) is 37.9 Å². The average molecular weight is 617 g/mol. The van der Waals surface area contributed by atoms with E-state index in [4.69, 9.17) is 4.98 Å². The Morgan fingerprint density at radius 3 is 2.54 bits per heavy atom. The van der Waals surface area contributed by atoms with E-state index in [1.807, 2.05) is 6.07 Å². The lowest BCUT2D eigenvalue weighted by atomic mass is 9.94. The molecule has 46 heavy (non-hydrogen) atoms. The first-order chi connectivity index (χ1) is 22.3. The number of anilines is 3. The molecule has 2 unspecified atom stereocenters. The molecule has 3 fully saturated rings. The number of pyridine rings is 1. The number of fused-ring (bicyclic) bond motifs is 5. The summed E-state index contributed by atoms with van der Waals surface area (Å²) in [5.41, 5.74) is 2.96. The number of allylic oxidation sites excluding steroid dienone is 1. The van der Waals surface area contributed by atoms with Crippen molar-refractivity contribution in [2.24, 2.45) is 5.92 Å². The maximum absolute atomic E-state index is 13.3. The molecule has 10 heteroatoms. The molecule has 0 saturated carbocycles. The molecule has 0 spiro atoms. The number of hydrogen-bond acceptors (Lipinski definition) is 8. The summed E-state index contributed by atoms with van der Waals surface area (Å²) in [6.07, 6.45) is 5.72. The molecule has 10 nitrogen and oxygen atoms in total. The van der Waals surface area contributed by atoms with Gasteiger partial charge >= 0.3 is 0 Å². The highest BCUT2D eigenvalue weighted by atomic mass is 16.3. The summed E-state index contributed by atoms with van der Waals surface area (Å²) in [7, 11) is 0. The van der Waals surface area contributed by atoms with E-state index in [1.165, 1.54) is 28.8 Å². The van der Waals surface area contributed by atoms with Gasteiger partial charge in [-0.15, -0.1) is 6.58 Å². The maximum Gasteiger partial charge on any atom is 0.278 e. The monoisotopic (exact) mass is 616 g/mol. The lowest BCUT2D eigenvalue weighted by Crippen LogP contribution is -2.43. The van der Waals surface area contributed by atoms with E-state index in [9.17, 15) is 9.90 Å². The van der Waals surface area contributed by atoms with Crippen LogP contribution in [0.2, 0.25) is 0 Å². The highest BCUT2D eigenvalue weighted by Crippen LogP contribution is 2.32. The Morgan fingerprint density at radius 2 is 1.78 bits per heavy atom. The van der Waals surface area contributed by atoms with Gasteiger partial charge in [0.15, 0.2) is 11.5 Å². The van der Waals surface area contributed by atoms with E-state index in [-0.39, 0.29) is 12.1 Å². The van der Waals surface area contributed by atoms with Crippen molar-refractivity contribution in [3.8, 4) is 5.82 Å². The van der Waals surface area contributed by atoms with Gasteiger partial charge < -0.3 is 15.3 Å². The maximum atomic E-state index is 13.3. The third-order valence-electron chi connectivity index (χ3n) is 9.10. The molecule has 236 valence electrons. The van der Waals surface area contributed by atoms with Crippen molar-refractivity contribution in [1.82, 2.24) is 29.2 Å². The van der Waals surface area contributed by atoms with Crippen LogP contribution >= 0.6 is 0 Å². The van der Waals surface area contributed by atoms with Crippen LogP contribution < -0.4 is 15.8 Å². The zero-order valence-electron chi connectivity index (χ0n) is 26.4. The van der Waals surface area contributed by atoms with Gasteiger partial charge in [0.1, 0.15) is 11.0 Å². The van der Waals surface area contributed by atoms with Crippen molar-refractivity contribution in [2.45, 2.75) is 51.4 Å². The third kappa shape index (κ3) is 5.93. The van der Waals surface area contributed by atoms with Gasteiger partial charge in [-0.1, -0.05) is 42.5 Å². The molecule has 2 aromatic carbocycles. The lowest BCUT2D eigenvalue weighted by molar-refractivity contribution is 0.0738. The van der Waals surface area contributed by atoms with Crippen LogP contribution in [0.5, 0.6) is 0 Å². The van der Waals surface area contributed by atoms with Gasteiger partial charge in [-0.25, -0.2) is 19.3 Å². The molecular weight excluding hydrogens is 576 g/mol. The number of rotatable bonds is 9. The Bertz CT molecular complexity index is 1910. The minimum absolute atomic E-state index is 0.241. The van der Waals surface area contributed by atoms with Crippen molar-refractivity contribution in [2.75, 3.05) is 29.9 Å². The van der Waals surface area contributed by atoms with E-state index in [2.05, 4.69) is 86.3 Å². The van der Waals surface area contributed by atoms with Crippen LogP contribution in [-0.2, 0) is 18.7 Å². The molecule has 3 aromatic heterocycles. The number of hydrogen-bond donors (Lipinski definition) is 2. The summed E-state index contributed by atoms with van der Waals surface area (Å²) in [6.45, 7) is 11.7. The smallest absolute Gasteiger partial charge is 0.278 e. The van der Waals surface area contributed by atoms with E-state index >= 15 is 0 Å². The van der Waals surface area contributed by atoms with E-state index < -0.39 is 5.60 Å². The Kier molecular flexibility index (Phi) is 7.92. The first-order valence-electron chi connectivity index (χ1n) is 16.0. The van der Waals surface area contributed by atoms with Gasteiger partial charge in [0.05, 0.1) is 12.2 Å². The molecule has 3 aliphatic rings. The van der Waals surface area contributed by atoms with Crippen LogP contribution in [-0.4, -0.2) is 60.0 Å². The molecule has 5 aromatic rings. The molecule has 3 saturated heterocycles. The summed E-state index contributed by atoms with van der Waals surface area (Å²) in [5, 5.41) is 14.3. The standard InChI is InChI=1S/C36H40N8O2/c1-4-19-43-34(45)30-20-37-35(40-33(30)44(43)32-12-8-11-31(39-32)36(2,3)46)38-27-14-17-28(18-15-27)42-23-26-13-16-29(24-42)41(22-26)21-25-9-6-5-7-10-25/h4-12,14-15,17-18,20,26,29,46H,1,13,16,19,21-24H2,2-3H3,(H,37,38,40). The third-order valence-corrected chi connectivity index (χ3v) is 9.10. The summed E-state index contributed by atoms with van der Waals surface area (Å²) in [4.78, 5) is 32.5. The molecule has 2 N–H and O–H groups in total. The molecule has 0 radical (unpaired) electrons. The normalized spacial score (nSPS) is 18.5. The number of nitrogens with one attached hydrogen (secondary N) is 1. The fourth-order valence-corrected chi connectivity index (χ4v) is 6.78. The Morgan fingerprint density at radius 1 is 0.978 bits per heavy atom. The summed E-state index contributed by atoms with van der Waals surface area (Å²) in [5.74, 6) is 1.49. The van der Waals surface area contributed by atoms with Gasteiger partial charge in [0, 0.05) is 49.8 Å². The molecular formula is C36H40N8O2. The Hall–Kier alpha value is -4.80. The number of piperidine rings is 1. The lowest BCUT2D eigenvalue weighted by Gasteiger charge is -2.36. The largest absolute Gasteiger partial charge is 0.384 e. The van der Waals surface area contributed by atoms with Gasteiger partial charge in [-0.05, 0) is 74.6 Å². The second-order valence-electron chi connectivity index (χ2n) is 12.9. The molecule has 2 atom stereocenters. The molecule has 8 rings (SSSR count). The topological polar surface area (TPSA) is 104 Å². The van der Waals surface area contributed by atoms with E-state index in [0.29, 0.717) is 40.5 Å². The second kappa shape index (κ2) is 12.2. The minimum atomic E-state index is -1.15. The van der Waals surface area contributed by atoms with Crippen LogP contribution in [0.4, 0.5) is 17.3 Å². The minimum Gasteiger partial charge on any atom is -0.384 e. The highest BCUT2D eigenvalue weighted by Gasteiger charge is 2.34. The molecule has 0 aliphatic carbocycles. The second-order valence-corrected chi connectivity index (χ2v) is 12.9. The number of benzene rings is 2.